The van der Waals surface area contributed by atoms with Gasteiger partial charge in [0.1, 0.15) is 0 Å². The number of halogens is 1. The Bertz CT molecular complexity index is 488. The second-order valence-corrected chi connectivity index (χ2v) is 4.59. The van der Waals surface area contributed by atoms with Gasteiger partial charge in [0, 0.05) is 10.6 Å². The topological polar surface area (TPSA) is 83.8 Å². The molecule has 1 aromatic rings. The number of hydrogen-bond donors (Lipinski definition) is 2. The van der Waals surface area contributed by atoms with Crippen LogP contribution < -0.4 is 0 Å². The van der Waals surface area contributed by atoms with Crippen molar-refractivity contribution in [2.45, 2.75) is 32.0 Å². The zero-order valence-corrected chi connectivity index (χ0v) is 11.3. The summed E-state index contributed by atoms with van der Waals surface area (Å²) in [7, 11) is 0. The molecule has 2 atom stereocenters. The van der Waals surface area contributed by atoms with Gasteiger partial charge in [0.2, 0.25) is 0 Å². The van der Waals surface area contributed by atoms with Gasteiger partial charge in [0.05, 0.1) is 6.10 Å². The van der Waals surface area contributed by atoms with Crippen molar-refractivity contribution in [2.75, 3.05) is 0 Å². The molecule has 1 aromatic carbocycles. The Morgan fingerprint density at radius 3 is 2.58 bits per heavy atom. The van der Waals surface area contributed by atoms with Crippen molar-refractivity contribution in [1.29, 1.82) is 0 Å². The third kappa shape index (κ3) is 3.24. The lowest BCUT2D eigenvalue weighted by atomic mass is 9.94. The number of aliphatic hydroxyl groups is 1. The highest BCUT2D eigenvalue weighted by Crippen LogP contribution is 2.26. The Morgan fingerprint density at radius 1 is 1.47 bits per heavy atom. The first-order valence-corrected chi connectivity index (χ1v) is 6.13. The number of esters is 1. The lowest BCUT2D eigenvalue weighted by Gasteiger charge is -2.24. The van der Waals surface area contributed by atoms with E-state index in [0.717, 1.165) is 0 Å². The van der Waals surface area contributed by atoms with E-state index in [1.54, 1.807) is 13.8 Å². The van der Waals surface area contributed by atoms with Crippen LogP contribution in [0.2, 0.25) is 5.02 Å². The molecule has 104 valence electrons. The molecule has 0 bridgehead atoms. The quantitative estimate of drug-likeness (QED) is 0.638. The van der Waals surface area contributed by atoms with Crippen molar-refractivity contribution in [3.63, 3.8) is 0 Å². The molecular weight excluding hydrogens is 272 g/mol. The number of carbonyl (C=O) groups is 2. The second kappa shape index (κ2) is 6.04. The molecule has 0 heterocycles. The maximum absolute atomic E-state index is 11.9. The first-order chi connectivity index (χ1) is 8.82. The van der Waals surface area contributed by atoms with E-state index in [1.165, 1.54) is 24.3 Å². The number of carbonyl (C=O) groups excluding carboxylic acids is 1. The number of carboxylic acids is 1. The van der Waals surface area contributed by atoms with Gasteiger partial charge in [-0.1, -0.05) is 30.7 Å². The first-order valence-electron chi connectivity index (χ1n) is 5.75. The predicted molar refractivity (Wildman–Crippen MR) is 68.8 cm³/mol. The predicted octanol–water partition coefficient (Wildman–Crippen LogP) is 1.95. The Balaban J connectivity index is 3.17. The molecule has 1 rings (SSSR count). The molecule has 0 spiro atoms. The fraction of sp³-hybridized carbons (Fsp3) is 0.385. The van der Waals surface area contributed by atoms with Crippen LogP contribution in [0.15, 0.2) is 24.3 Å². The number of rotatable bonds is 5. The van der Waals surface area contributed by atoms with Crippen LogP contribution in [0.3, 0.4) is 0 Å². The molecule has 6 heteroatoms. The van der Waals surface area contributed by atoms with E-state index >= 15 is 0 Å². The zero-order valence-electron chi connectivity index (χ0n) is 10.6. The number of ether oxygens (including phenoxy) is 1. The van der Waals surface area contributed by atoms with E-state index in [9.17, 15) is 14.7 Å². The lowest BCUT2D eigenvalue weighted by molar-refractivity contribution is -0.184. The molecule has 0 saturated carbocycles. The summed E-state index contributed by atoms with van der Waals surface area (Å²) in [6, 6.07) is 5.47. The first kappa shape index (κ1) is 15.5. The number of aliphatic carboxylic acids is 1. The summed E-state index contributed by atoms with van der Waals surface area (Å²) in [5, 5.41) is 19.5. The van der Waals surface area contributed by atoms with Crippen molar-refractivity contribution in [1.82, 2.24) is 0 Å². The summed E-state index contributed by atoms with van der Waals surface area (Å²) in [6.07, 6.45) is 0.0225. The molecular formula is C13H15ClO5. The van der Waals surface area contributed by atoms with Crippen LogP contribution in [0.1, 0.15) is 25.8 Å². The molecule has 0 aliphatic heterocycles. The van der Waals surface area contributed by atoms with Gasteiger partial charge < -0.3 is 14.9 Å². The Labute approximate surface area is 115 Å². The molecule has 0 saturated heterocycles. The minimum absolute atomic E-state index is 0.138. The van der Waals surface area contributed by atoms with E-state index in [1.807, 2.05) is 0 Å². The highest BCUT2D eigenvalue weighted by Gasteiger charge is 2.48. The van der Waals surface area contributed by atoms with E-state index in [-0.39, 0.29) is 10.6 Å². The summed E-state index contributed by atoms with van der Waals surface area (Å²) in [4.78, 5) is 23.1. The van der Waals surface area contributed by atoms with E-state index < -0.39 is 23.6 Å². The normalized spacial score (nSPS) is 15.4. The average Bonchev–Trinajstić information content (AvgIpc) is 2.37. The van der Waals surface area contributed by atoms with Gasteiger partial charge in [-0.25, -0.2) is 9.59 Å². The number of benzene rings is 1. The molecule has 0 aliphatic carbocycles. The third-order valence-corrected chi connectivity index (χ3v) is 2.97. The number of hydrogen-bond acceptors (Lipinski definition) is 4. The largest absolute Gasteiger partial charge is 0.478 e. The summed E-state index contributed by atoms with van der Waals surface area (Å²) in [5.74, 6) is -2.93. The lowest BCUT2D eigenvalue weighted by Crippen LogP contribution is -2.45. The Hall–Kier alpha value is -1.59. The maximum atomic E-state index is 11.9. The minimum atomic E-state index is -2.76. The molecule has 5 nitrogen and oxygen atoms in total. The van der Waals surface area contributed by atoms with E-state index in [4.69, 9.17) is 21.4 Å². The van der Waals surface area contributed by atoms with Crippen LogP contribution in [0.4, 0.5) is 0 Å². The average molecular weight is 287 g/mol. The third-order valence-electron chi connectivity index (χ3n) is 2.73. The van der Waals surface area contributed by atoms with Gasteiger partial charge in [-0.2, -0.15) is 0 Å². The highest BCUT2D eigenvalue weighted by atomic mass is 35.5. The van der Waals surface area contributed by atoms with Gasteiger partial charge >= 0.3 is 11.9 Å². The molecule has 19 heavy (non-hydrogen) atoms. The van der Waals surface area contributed by atoms with E-state index in [2.05, 4.69) is 0 Å². The van der Waals surface area contributed by atoms with Gasteiger partial charge in [0.25, 0.3) is 5.60 Å². The van der Waals surface area contributed by atoms with Crippen LogP contribution in [0.25, 0.3) is 0 Å². The monoisotopic (exact) mass is 286 g/mol. The summed E-state index contributed by atoms with van der Waals surface area (Å²) >= 11 is 5.74. The fourth-order valence-corrected chi connectivity index (χ4v) is 1.58. The maximum Gasteiger partial charge on any atom is 0.355 e. The standard InChI is InChI=1S/C13H15ClO5/c1-3-8(2)19-12(17)13(18,11(15)16)9-5-4-6-10(14)7-9/h4-8,18H,3H2,1-2H3,(H,15,16). The molecule has 0 radical (unpaired) electrons. The molecule has 0 aromatic heterocycles. The highest BCUT2D eigenvalue weighted by molar-refractivity contribution is 6.30. The van der Waals surface area contributed by atoms with Gasteiger partial charge in [-0.3, -0.25) is 0 Å². The summed E-state index contributed by atoms with van der Waals surface area (Å²) < 4.78 is 4.91. The van der Waals surface area contributed by atoms with Crippen LogP contribution in [0.5, 0.6) is 0 Å². The van der Waals surface area contributed by atoms with Crippen molar-refractivity contribution in [3.05, 3.63) is 34.9 Å². The SMILES string of the molecule is CCC(C)OC(=O)C(O)(C(=O)O)c1cccc(Cl)c1. The number of carboxylic acid groups (broad SMARTS) is 1. The van der Waals surface area contributed by atoms with Crippen LogP contribution in [-0.2, 0) is 19.9 Å². The van der Waals surface area contributed by atoms with Crippen LogP contribution in [-0.4, -0.2) is 28.3 Å². The van der Waals surface area contributed by atoms with Crippen molar-refractivity contribution >= 4 is 23.5 Å². The fourth-order valence-electron chi connectivity index (χ4n) is 1.39. The Kier molecular flexibility index (Phi) is 4.91. The van der Waals surface area contributed by atoms with Gasteiger partial charge in [-0.15, -0.1) is 0 Å². The minimum Gasteiger partial charge on any atom is -0.478 e. The zero-order chi connectivity index (χ0) is 14.6. The van der Waals surface area contributed by atoms with E-state index in [0.29, 0.717) is 6.42 Å². The van der Waals surface area contributed by atoms with Gasteiger partial charge in [-0.05, 0) is 25.5 Å². The smallest absolute Gasteiger partial charge is 0.355 e. The van der Waals surface area contributed by atoms with Crippen LogP contribution in [0, 0.1) is 0 Å². The molecule has 0 amide bonds. The summed E-state index contributed by atoms with van der Waals surface area (Å²) in [5.41, 5.74) is -2.89. The second-order valence-electron chi connectivity index (χ2n) is 4.15. The molecule has 2 unspecified atom stereocenters. The van der Waals surface area contributed by atoms with Crippen LogP contribution >= 0.6 is 11.6 Å². The summed E-state index contributed by atoms with van der Waals surface area (Å²) in [6.45, 7) is 3.38. The van der Waals surface area contributed by atoms with Crippen molar-refractivity contribution in [3.8, 4) is 0 Å². The molecule has 0 fully saturated rings. The van der Waals surface area contributed by atoms with Crippen molar-refractivity contribution < 1.29 is 24.5 Å². The Morgan fingerprint density at radius 2 is 2.11 bits per heavy atom. The molecule has 2 N–H and O–H groups in total. The molecule has 0 aliphatic rings. The van der Waals surface area contributed by atoms with Gasteiger partial charge in [0.15, 0.2) is 0 Å². The van der Waals surface area contributed by atoms with Crippen molar-refractivity contribution in [2.24, 2.45) is 0 Å².